The number of hydrogen-bond donors (Lipinski definition) is 0. The predicted octanol–water partition coefficient (Wildman–Crippen LogP) is 4.08. The summed E-state index contributed by atoms with van der Waals surface area (Å²) in [4.78, 5) is 10.3. The Hall–Kier alpha value is 0.767. The molecule has 0 bridgehead atoms. The molecule has 173 valence electrons. The molecule has 0 aromatic heterocycles. The fourth-order valence-electron chi connectivity index (χ4n) is 2.74. The Morgan fingerprint density at radius 3 is 1.21 bits per heavy atom. The molecule has 4 nitrogen and oxygen atoms in total. The average Bonchev–Trinajstić information content (AvgIpc) is 2.71. The fourth-order valence-corrected chi connectivity index (χ4v) is 2.74. The molecule has 0 fully saturated rings. The van der Waals surface area contributed by atoms with Gasteiger partial charge < -0.3 is 20.1 Å². The van der Waals surface area contributed by atoms with Crippen molar-refractivity contribution in [2.75, 3.05) is 13.2 Å². The molecule has 0 aliphatic carbocycles. The molecule has 0 amide bonds. The van der Waals surface area contributed by atoms with Crippen molar-refractivity contribution in [2.45, 2.75) is 119 Å². The molecule has 3 unspecified atom stereocenters. The molecule has 0 saturated carbocycles. The van der Waals surface area contributed by atoms with Crippen LogP contribution in [0.4, 0.5) is 0 Å². The minimum atomic E-state index is -0.893. The van der Waals surface area contributed by atoms with E-state index >= 15 is 0 Å². The molecule has 0 saturated heterocycles. The Balaban J connectivity index is -0.000000159. The van der Waals surface area contributed by atoms with Crippen LogP contribution in [0.1, 0.15) is 119 Å². The van der Waals surface area contributed by atoms with Crippen molar-refractivity contribution in [3.8, 4) is 0 Å². The molecule has 3 atom stereocenters. The number of unbranched alkanes of at least 4 members (excludes halogenated alkanes) is 3. The molecule has 0 aliphatic heterocycles. The largest absolute Gasteiger partial charge is 3.00 e. The summed E-state index contributed by atoms with van der Waals surface area (Å²) < 4.78 is 0. The molecule has 0 spiro atoms. The molecular formula is C24H49CeO4. The Bertz CT molecular complexity index is 277. The summed E-state index contributed by atoms with van der Waals surface area (Å²) >= 11 is 0. The number of carbonyl (C=O) groups is 1. The van der Waals surface area contributed by atoms with Crippen LogP contribution >= 0.6 is 0 Å². The van der Waals surface area contributed by atoms with E-state index in [4.69, 9.17) is 0 Å². The topological polar surface area (TPSA) is 86.2 Å². The monoisotopic (exact) mass is 541 g/mol. The van der Waals surface area contributed by atoms with Gasteiger partial charge in [0, 0.05) is 5.97 Å². The Morgan fingerprint density at radius 2 is 1.00 bits per heavy atom. The van der Waals surface area contributed by atoms with Gasteiger partial charge in [0.1, 0.15) is 0 Å². The van der Waals surface area contributed by atoms with Crippen molar-refractivity contribution in [1.82, 2.24) is 0 Å². The molecule has 5 heteroatoms. The van der Waals surface area contributed by atoms with Crippen LogP contribution in [0.15, 0.2) is 0 Å². The van der Waals surface area contributed by atoms with Crippen LogP contribution in [0.5, 0.6) is 0 Å². The van der Waals surface area contributed by atoms with Gasteiger partial charge in [0.25, 0.3) is 0 Å². The van der Waals surface area contributed by atoms with Gasteiger partial charge in [-0.05, 0) is 18.8 Å². The molecule has 0 aromatic carbocycles. The van der Waals surface area contributed by atoms with Gasteiger partial charge in [-0.1, -0.05) is 118 Å². The minimum Gasteiger partial charge on any atom is -0.854 e. The van der Waals surface area contributed by atoms with Crippen molar-refractivity contribution in [3.05, 3.63) is 0 Å². The van der Waals surface area contributed by atoms with Gasteiger partial charge in [0.15, 0.2) is 0 Å². The van der Waals surface area contributed by atoms with Crippen molar-refractivity contribution in [1.29, 1.82) is 0 Å². The third kappa shape index (κ3) is 28.8. The molecule has 0 heterocycles. The first-order valence-electron chi connectivity index (χ1n) is 11.8. The van der Waals surface area contributed by atoms with E-state index in [0.717, 1.165) is 44.9 Å². The molecule has 0 N–H and O–H groups in total. The molecule has 0 rings (SSSR count). The summed E-state index contributed by atoms with van der Waals surface area (Å²) in [6.07, 6.45) is 12.8. The standard InChI is InChI=1S/C8H16O2.2C8H17O.Ce/c1-3-5-6-7(4-2)8(9)10;2*1-3-5-6-8(4-2)7-9;/h7H,3-6H2,1-2H3,(H,9,10);2*8H,3-7H2,1-2H3;/q;2*-1;+3/p-1. The number of carboxylic acid groups (broad SMARTS) is 1. The van der Waals surface area contributed by atoms with Crippen LogP contribution in [-0.2, 0) is 4.79 Å². The van der Waals surface area contributed by atoms with Crippen molar-refractivity contribution < 1.29 is 61.9 Å². The molecule has 0 aromatic rings. The number of hydrogen-bond acceptors (Lipinski definition) is 4. The van der Waals surface area contributed by atoms with E-state index in [1.165, 1.54) is 25.7 Å². The van der Waals surface area contributed by atoms with E-state index < -0.39 is 5.97 Å². The Labute approximate surface area is 216 Å². The Morgan fingerprint density at radius 1 is 0.655 bits per heavy atom. The van der Waals surface area contributed by atoms with Crippen molar-refractivity contribution in [2.24, 2.45) is 17.8 Å². The van der Waals surface area contributed by atoms with E-state index in [0.29, 0.717) is 18.3 Å². The van der Waals surface area contributed by atoms with Crippen LogP contribution < -0.4 is 15.3 Å². The van der Waals surface area contributed by atoms with E-state index in [9.17, 15) is 20.1 Å². The minimum absolute atomic E-state index is 0. The first kappa shape index (κ1) is 37.1. The SMILES string of the molecule is CCCCC(CC)C(=O)[O-].CCCCC(CC)C[O-].CCCCC(CC)C[O-].[Ce+3]. The van der Waals surface area contributed by atoms with Gasteiger partial charge in [0.05, 0.1) is 0 Å². The van der Waals surface area contributed by atoms with Crippen LogP contribution in [0, 0.1) is 59.5 Å². The van der Waals surface area contributed by atoms with E-state index in [1.54, 1.807) is 0 Å². The summed E-state index contributed by atoms with van der Waals surface area (Å²) in [6, 6.07) is 0. The molecule has 0 aliphatic rings. The second-order valence-electron chi connectivity index (χ2n) is 7.73. The maximum Gasteiger partial charge on any atom is 3.00 e. The maximum absolute atomic E-state index is 10.4. The number of carbonyl (C=O) groups excluding carboxylic acids is 1. The van der Waals surface area contributed by atoms with Crippen LogP contribution in [0.3, 0.4) is 0 Å². The van der Waals surface area contributed by atoms with E-state index in [-0.39, 0.29) is 60.9 Å². The summed E-state index contributed by atoms with van der Waals surface area (Å²) in [5.74, 6) is -0.217. The first-order chi connectivity index (χ1) is 13.4. The van der Waals surface area contributed by atoms with E-state index in [1.807, 2.05) is 6.92 Å². The third-order valence-electron chi connectivity index (χ3n) is 5.29. The smallest absolute Gasteiger partial charge is 0.854 e. The molecular weight excluding hydrogens is 492 g/mol. The third-order valence-corrected chi connectivity index (χ3v) is 5.29. The molecule has 1 radical (unpaired) electrons. The average molecular weight is 542 g/mol. The zero-order valence-corrected chi connectivity index (χ0v) is 23.4. The second-order valence-corrected chi connectivity index (χ2v) is 7.73. The van der Waals surface area contributed by atoms with Crippen LogP contribution in [0.25, 0.3) is 0 Å². The maximum atomic E-state index is 10.4. The van der Waals surface area contributed by atoms with Gasteiger partial charge >= 0.3 is 41.7 Å². The predicted molar refractivity (Wildman–Crippen MR) is 115 cm³/mol. The van der Waals surface area contributed by atoms with Crippen molar-refractivity contribution in [3.63, 3.8) is 0 Å². The fraction of sp³-hybridized carbons (Fsp3) is 0.958. The van der Waals surface area contributed by atoms with E-state index in [2.05, 4.69) is 34.6 Å². The van der Waals surface area contributed by atoms with Gasteiger partial charge in [0.2, 0.25) is 0 Å². The summed E-state index contributed by atoms with van der Waals surface area (Å²) in [7, 11) is 0. The summed E-state index contributed by atoms with van der Waals surface area (Å²) in [5.41, 5.74) is 0. The van der Waals surface area contributed by atoms with Crippen molar-refractivity contribution >= 4 is 5.97 Å². The molecule has 29 heavy (non-hydrogen) atoms. The quantitative estimate of drug-likeness (QED) is 0.313. The Kier molecular flexibility index (Phi) is 39.6. The summed E-state index contributed by atoms with van der Waals surface area (Å²) in [6.45, 7) is 12.7. The first-order valence-corrected chi connectivity index (χ1v) is 11.8. The van der Waals surface area contributed by atoms with Gasteiger partial charge in [-0.3, -0.25) is 0 Å². The van der Waals surface area contributed by atoms with Gasteiger partial charge in [-0.15, -0.1) is 13.2 Å². The summed E-state index contributed by atoms with van der Waals surface area (Å²) in [5, 5.41) is 31.1. The number of rotatable bonds is 15. The zero-order chi connectivity index (χ0) is 22.2. The number of carboxylic acids is 1. The van der Waals surface area contributed by atoms with Crippen LogP contribution in [-0.4, -0.2) is 19.2 Å². The zero-order valence-electron chi connectivity index (χ0n) is 20.3. The van der Waals surface area contributed by atoms with Gasteiger partial charge in [-0.25, -0.2) is 0 Å². The normalized spacial score (nSPS) is 13.0. The number of aliphatic carboxylic acids is 1. The van der Waals surface area contributed by atoms with Crippen LogP contribution in [0.2, 0.25) is 0 Å². The van der Waals surface area contributed by atoms with Gasteiger partial charge in [-0.2, -0.15) is 0 Å². The second kappa shape index (κ2) is 31.0.